The number of hydrogen-bond donors (Lipinski definition) is 0. The first-order valence-corrected chi connectivity index (χ1v) is 12.3. The van der Waals surface area contributed by atoms with Gasteiger partial charge in [0.1, 0.15) is 6.54 Å². The number of rotatable bonds is 6. The van der Waals surface area contributed by atoms with Crippen molar-refractivity contribution in [3.63, 3.8) is 0 Å². The highest BCUT2D eigenvalue weighted by Crippen LogP contribution is 2.38. The molecular weight excluding hydrogens is 464 g/mol. The van der Waals surface area contributed by atoms with Crippen LogP contribution in [0.5, 0.6) is 0 Å². The van der Waals surface area contributed by atoms with Crippen LogP contribution >= 0.6 is 11.6 Å². The average molecular weight is 491 g/mol. The molecule has 2 atom stereocenters. The second-order valence-corrected chi connectivity index (χ2v) is 9.74. The molecule has 0 N–H and O–H groups in total. The van der Waals surface area contributed by atoms with Gasteiger partial charge in [0.2, 0.25) is 17.7 Å². The third-order valence-electron chi connectivity index (χ3n) is 6.99. The van der Waals surface area contributed by atoms with Gasteiger partial charge in [-0.15, -0.1) is 0 Å². The number of hydrogen-bond acceptors (Lipinski definition) is 4. The lowest BCUT2D eigenvalue weighted by Gasteiger charge is -2.21. The lowest BCUT2D eigenvalue weighted by molar-refractivity contribution is -0.146. The van der Waals surface area contributed by atoms with Crippen LogP contribution < -0.4 is 0 Å². The summed E-state index contributed by atoms with van der Waals surface area (Å²) < 4.78 is 1.79. The smallest absolute Gasteiger partial charge is 0.242 e. The Balaban J connectivity index is 1.37. The zero-order valence-electron chi connectivity index (χ0n) is 19.6. The molecular formula is C27H27ClN4O3. The van der Waals surface area contributed by atoms with Gasteiger partial charge in [0.15, 0.2) is 0 Å². The first-order chi connectivity index (χ1) is 16.9. The summed E-state index contributed by atoms with van der Waals surface area (Å²) >= 11 is 6.08. The summed E-state index contributed by atoms with van der Waals surface area (Å²) in [5.74, 6) is -1.18. The van der Waals surface area contributed by atoms with E-state index in [0.717, 1.165) is 48.2 Å². The van der Waals surface area contributed by atoms with Crippen LogP contribution in [0.4, 0.5) is 0 Å². The Kier molecular flexibility index (Phi) is 6.43. The van der Waals surface area contributed by atoms with Crippen molar-refractivity contribution in [3.8, 4) is 16.9 Å². The molecule has 0 spiro atoms. The Hall–Kier alpha value is -3.45. The van der Waals surface area contributed by atoms with Gasteiger partial charge in [-0.2, -0.15) is 5.10 Å². The number of imide groups is 1. The minimum Gasteiger partial charge on any atom is -0.340 e. The Morgan fingerprint density at radius 3 is 2.26 bits per heavy atom. The van der Waals surface area contributed by atoms with Crippen molar-refractivity contribution in [2.45, 2.75) is 32.2 Å². The lowest BCUT2D eigenvalue weighted by Crippen LogP contribution is -2.41. The Morgan fingerprint density at radius 1 is 1.00 bits per heavy atom. The number of halogens is 1. The van der Waals surface area contributed by atoms with Gasteiger partial charge < -0.3 is 4.90 Å². The molecule has 5 rings (SSSR count). The van der Waals surface area contributed by atoms with Crippen molar-refractivity contribution in [2.24, 2.45) is 11.8 Å². The molecule has 0 bridgehead atoms. The quantitative estimate of drug-likeness (QED) is 0.482. The van der Waals surface area contributed by atoms with E-state index in [9.17, 15) is 14.4 Å². The summed E-state index contributed by atoms with van der Waals surface area (Å²) in [5.41, 5.74) is 3.37. The zero-order valence-corrected chi connectivity index (χ0v) is 20.3. The fourth-order valence-electron chi connectivity index (χ4n) is 5.08. The number of aromatic nitrogens is 2. The highest BCUT2D eigenvalue weighted by Gasteiger charge is 2.48. The van der Waals surface area contributed by atoms with E-state index in [1.54, 1.807) is 28.8 Å². The number of carbonyl (C=O) groups excluding carboxylic acids is 3. The molecule has 1 aliphatic heterocycles. The van der Waals surface area contributed by atoms with E-state index in [0.29, 0.717) is 5.02 Å². The molecule has 1 saturated heterocycles. The third-order valence-corrected chi connectivity index (χ3v) is 7.24. The predicted molar refractivity (Wildman–Crippen MR) is 133 cm³/mol. The maximum Gasteiger partial charge on any atom is 0.242 e. The van der Waals surface area contributed by atoms with Gasteiger partial charge in [0.05, 0.1) is 23.2 Å². The number of likely N-dealkylation sites (N-methyl/N-ethyl adjacent to an activating group) is 1. The van der Waals surface area contributed by atoms with Crippen LogP contribution in [0.15, 0.2) is 60.8 Å². The predicted octanol–water partition coefficient (Wildman–Crippen LogP) is 4.33. The second kappa shape index (κ2) is 9.66. The van der Waals surface area contributed by atoms with Gasteiger partial charge in [-0.3, -0.25) is 19.3 Å². The Morgan fingerprint density at radius 2 is 1.63 bits per heavy atom. The molecule has 8 heteroatoms. The van der Waals surface area contributed by atoms with Gasteiger partial charge >= 0.3 is 0 Å². The first kappa shape index (κ1) is 23.3. The molecule has 2 aromatic carbocycles. The van der Waals surface area contributed by atoms with Crippen LogP contribution in [0, 0.1) is 11.8 Å². The van der Waals surface area contributed by atoms with E-state index < -0.39 is 0 Å². The van der Waals surface area contributed by atoms with Crippen molar-refractivity contribution in [1.82, 2.24) is 19.6 Å². The maximum absolute atomic E-state index is 13.1. The van der Waals surface area contributed by atoms with Crippen molar-refractivity contribution >= 4 is 29.3 Å². The number of nitrogens with zero attached hydrogens (tertiary/aromatic N) is 4. The van der Waals surface area contributed by atoms with E-state index in [-0.39, 0.29) is 42.6 Å². The summed E-state index contributed by atoms with van der Waals surface area (Å²) in [6, 6.07) is 17.2. The largest absolute Gasteiger partial charge is 0.340 e. The lowest BCUT2D eigenvalue weighted by atomic mass is 9.81. The van der Waals surface area contributed by atoms with E-state index >= 15 is 0 Å². The molecule has 3 aromatic rings. The summed E-state index contributed by atoms with van der Waals surface area (Å²) in [6.45, 7) is 0.0664. The number of fused-ring (bicyclic) bond motifs is 1. The minimum atomic E-state index is -0.278. The van der Waals surface area contributed by atoms with E-state index in [4.69, 9.17) is 16.7 Å². The fourth-order valence-corrected chi connectivity index (χ4v) is 5.20. The van der Waals surface area contributed by atoms with Crippen molar-refractivity contribution in [3.05, 3.63) is 71.4 Å². The second-order valence-electron chi connectivity index (χ2n) is 9.30. The van der Waals surface area contributed by atoms with Crippen LogP contribution in [0.2, 0.25) is 5.02 Å². The molecule has 1 aromatic heterocycles. The van der Waals surface area contributed by atoms with Gasteiger partial charge in [-0.05, 0) is 37.1 Å². The molecule has 0 radical (unpaired) electrons. The molecule has 2 fully saturated rings. The van der Waals surface area contributed by atoms with Gasteiger partial charge in [0, 0.05) is 35.9 Å². The van der Waals surface area contributed by atoms with E-state index in [1.165, 1.54) is 4.90 Å². The van der Waals surface area contributed by atoms with E-state index in [1.807, 2.05) is 48.7 Å². The van der Waals surface area contributed by atoms with Crippen LogP contribution in [0.1, 0.15) is 31.2 Å². The van der Waals surface area contributed by atoms with Crippen LogP contribution in [-0.4, -0.2) is 50.9 Å². The highest BCUT2D eigenvalue weighted by atomic mass is 35.5. The van der Waals surface area contributed by atoms with Gasteiger partial charge in [0.25, 0.3) is 0 Å². The summed E-state index contributed by atoms with van der Waals surface area (Å²) in [5, 5.41) is 5.42. The molecule has 35 heavy (non-hydrogen) atoms. The van der Waals surface area contributed by atoms with Gasteiger partial charge in [-0.1, -0.05) is 54.8 Å². The molecule has 2 aliphatic rings. The average Bonchev–Trinajstić information content (AvgIpc) is 3.40. The first-order valence-electron chi connectivity index (χ1n) is 11.9. The number of benzene rings is 2. The van der Waals surface area contributed by atoms with Gasteiger partial charge in [-0.25, -0.2) is 4.68 Å². The highest BCUT2D eigenvalue weighted by molar-refractivity contribution is 6.30. The standard InChI is InChI=1S/C27H27ClN4O3/c1-30(24(33)17-31-26(34)22-9-5-6-10-23(22)27(31)35)15-19-16-32(21-7-3-2-4-8-21)29-25(19)18-11-13-20(28)14-12-18/h2-4,7-8,11-14,16,22-23H,5-6,9-10,15,17H2,1H3. The molecule has 1 saturated carbocycles. The molecule has 2 unspecified atom stereocenters. The summed E-state index contributed by atoms with van der Waals surface area (Å²) in [4.78, 5) is 41.4. The summed E-state index contributed by atoms with van der Waals surface area (Å²) in [6.07, 6.45) is 5.29. The number of para-hydroxylation sites is 1. The molecule has 180 valence electrons. The van der Waals surface area contributed by atoms with Crippen LogP contribution in [0.25, 0.3) is 16.9 Å². The number of likely N-dealkylation sites (tertiary alicyclic amines) is 1. The number of carbonyl (C=O) groups is 3. The SMILES string of the molecule is CN(Cc1cn(-c2ccccc2)nc1-c1ccc(Cl)cc1)C(=O)CN1C(=O)C2CCCCC2C1=O. The molecule has 3 amide bonds. The van der Waals surface area contributed by atoms with Crippen molar-refractivity contribution in [1.29, 1.82) is 0 Å². The Bertz CT molecular complexity index is 1230. The minimum absolute atomic E-state index is 0.194. The third kappa shape index (κ3) is 4.60. The molecule has 2 heterocycles. The van der Waals surface area contributed by atoms with E-state index in [2.05, 4.69) is 0 Å². The zero-order chi connectivity index (χ0) is 24.5. The summed E-state index contributed by atoms with van der Waals surface area (Å²) in [7, 11) is 1.69. The normalized spacial score (nSPS) is 19.7. The van der Waals surface area contributed by atoms with Crippen LogP contribution in [-0.2, 0) is 20.9 Å². The maximum atomic E-state index is 13.1. The monoisotopic (exact) mass is 490 g/mol. The van der Waals surface area contributed by atoms with Crippen LogP contribution in [0.3, 0.4) is 0 Å². The topological polar surface area (TPSA) is 75.5 Å². The molecule has 7 nitrogen and oxygen atoms in total. The molecule has 1 aliphatic carbocycles. The number of amides is 3. The van der Waals surface area contributed by atoms with Crippen molar-refractivity contribution < 1.29 is 14.4 Å². The Labute approximate surface area is 209 Å². The van der Waals surface area contributed by atoms with Crippen molar-refractivity contribution in [2.75, 3.05) is 13.6 Å². The fraction of sp³-hybridized carbons (Fsp3) is 0.333.